The fourth-order valence-electron chi connectivity index (χ4n) is 2.00. The van der Waals surface area contributed by atoms with E-state index in [0.29, 0.717) is 0 Å². The lowest BCUT2D eigenvalue weighted by atomic mass is 10.1. The van der Waals surface area contributed by atoms with Crippen LogP contribution < -0.4 is 0 Å². The number of nitrogens with zero attached hydrogens (tertiary/aromatic N) is 2. The molecule has 2 aromatic carbocycles. The highest BCUT2D eigenvalue weighted by Crippen LogP contribution is 2.20. The second kappa shape index (κ2) is 6.30. The minimum Gasteiger partial charge on any atom is -0.337 e. The summed E-state index contributed by atoms with van der Waals surface area (Å²) in [5.41, 5.74) is -0.285. The van der Waals surface area contributed by atoms with Gasteiger partial charge in [-0.1, -0.05) is 18.2 Å². The van der Waals surface area contributed by atoms with E-state index in [0.717, 1.165) is 17.0 Å². The first-order valence-electron chi connectivity index (χ1n) is 6.33. The molecule has 7 heteroatoms. The van der Waals surface area contributed by atoms with E-state index in [2.05, 4.69) is 0 Å². The predicted octanol–water partition coefficient (Wildman–Crippen LogP) is 3.15. The highest BCUT2D eigenvalue weighted by Gasteiger charge is 2.22. The Bertz CT molecular complexity index is 734. The van der Waals surface area contributed by atoms with Gasteiger partial charge in [0.2, 0.25) is 0 Å². The van der Waals surface area contributed by atoms with Gasteiger partial charge in [-0.2, -0.15) is 0 Å². The lowest BCUT2D eigenvalue weighted by Gasteiger charge is -2.17. The fourth-order valence-corrected chi connectivity index (χ4v) is 2.00. The molecule has 0 N–H and O–H groups in total. The van der Waals surface area contributed by atoms with E-state index in [4.69, 9.17) is 0 Å². The SMILES string of the molecule is CN(Cc1ccc(F)cc1F)C(=O)c1ccccc1[N+](=O)[O-]. The van der Waals surface area contributed by atoms with Crippen molar-refractivity contribution < 1.29 is 18.5 Å². The van der Waals surface area contributed by atoms with Gasteiger partial charge in [-0.3, -0.25) is 14.9 Å². The van der Waals surface area contributed by atoms with Crippen LogP contribution in [0.1, 0.15) is 15.9 Å². The molecule has 0 aliphatic carbocycles. The predicted molar refractivity (Wildman–Crippen MR) is 75.3 cm³/mol. The number of halogens is 2. The van der Waals surface area contributed by atoms with Crippen molar-refractivity contribution >= 4 is 11.6 Å². The molecule has 0 aliphatic rings. The molecule has 0 aromatic heterocycles. The standard InChI is InChI=1S/C15H12F2N2O3/c1-18(9-10-6-7-11(16)8-13(10)17)15(20)12-4-2-3-5-14(12)19(21)22/h2-8H,9H2,1H3. The summed E-state index contributed by atoms with van der Waals surface area (Å²) < 4.78 is 26.5. The highest BCUT2D eigenvalue weighted by atomic mass is 19.1. The Balaban J connectivity index is 2.24. The molecule has 2 rings (SSSR count). The zero-order valence-electron chi connectivity index (χ0n) is 11.6. The molecule has 22 heavy (non-hydrogen) atoms. The van der Waals surface area contributed by atoms with E-state index < -0.39 is 22.5 Å². The van der Waals surface area contributed by atoms with Gasteiger partial charge in [0, 0.05) is 31.3 Å². The number of carbonyl (C=O) groups is 1. The Hall–Kier alpha value is -2.83. The van der Waals surface area contributed by atoms with Crippen LogP contribution in [0.3, 0.4) is 0 Å². The Morgan fingerprint density at radius 3 is 2.55 bits per heavy atom. The van der Waals surface area contributed by atoms with Crippen LogP contribution in [-0.2, 0) is 6.54 Å². The van der Waals surface area contributed by atoms with Gasteiger partial charge in [-0.25, -0.2) is 8.78 Å². The summed E-state index contributed by atoms with van der Waals surface area (Å²) in [7, 11) is 1.39. The molecular weight excluding hydrogens is 294 g/mol. The van der Waals surface area contributed by atoms with Gasteiger partial charge in [0.05, 0.1) is 4.92 Å². The fraction of sp³-hybridized carbons (Fsp3) is 0.133. The zero-order valence-corrected chi connectivity index (χ0v) is 11.6. The van der Waals surface area contributed by atoms with Crippen LogP contribution in [0.4, 0.5) is 14.5 Å². The monoisotopic (exact) mass is 306 g/mol. The van der Waals surface area contributed by atoms with E-state index >= 15 is 0 Å². The van der Waals surface area contributed by atoms with Gasteiger partial charge >= 0.3 is 0 Å². The molecule has 0 bridgehead atoms. The highest BCUT2D eigenvalue weighted by molar-refractivity contribution is 5.97. The maximum Gasteiger partial charge on any atom is 0.282 e. The largest absolute Gasteiger partial charge is 0.337 e. The number of para-hydroxylation sites is 1. The summed E-state index contributed by atoms with van der Waals surface area (Å²) in [6.45, 7) is -0.128. The normalized spacial score (nSPS) is 10.3. The number of hydrogen-bond acceptors (Lipinski definition) is 3. The number of carbonyl (C=O) groups excluding carboxylic acids is 1. The first kappa shape index (κ1) is 15.6. The van der Waals surface area contributed by atoms with Crippen molar-refractivity contribution in [3.8, 4) is 0 Å². The van der Waals surface area contributed by atoms with Gasteiger partial charge in [0.15, 0.2) is 0 Å². The van der Waals surface area contributed by atoms with E-state index in [-0.39, 0.29) is 23.4 Å². The maximum atomic E-state index is 13.6. The van der Waals surface area contributed by atoms with Crippen molar-refractivity contribution in [2.45, 2.75) is 6.54 Å². The zero-order chi connectivity index (χ0) is 16.3. The van der Waals surface area contributed by atoms with Gasteiger partial charge in [0.25, 0.3) is 11.6 Å². The average molecular weight is 306 g/mol. The van der Waals surface area contributed by atoms with Crippen molar-refractivity contribution in [2.75, 3.05) is 7.05 Å². The average Bonchev–Trinajstić information content (AvgIpc) is 2.49. The van der Waals surface area contributed by atoms with Gasteiger partial charge in [-0.15, -0.1) is 0 Å². The Morgan fingerprint density at radius 1 is 1.23 bits per heavy atom. The molecule has 0 saturated carbocycles. The molecule has 0 heterocycles. The summed E-state index contributed by atoms with van der Waals surface area (Å²) in [6.07, 6.45) is 0. The summed E-state index contributed by atoms with van der Waals surface area (Å²) in [5.74, 6) is -2.10. The lowest BCUT2D eigenvalue weighted by molar-refractivity contribution is -0.385. The molecule has 2 aromatic rings. The first-order valence-corrected chi connectivity index (χ1v) is 6.33. The third-order valence-corrected chi connectivity index (χ3v) is 3.10. The van der Waals surface area contributed by atoms with Crippen LogP contribution in [0.5, 0.6) is 0 Å². The lowest BCUT2D eigenvalue weighted by Crippen LogP contribution is -2.27. The Kier molecular flexibility index (Phi) is 4.45. The third kappa shape index (κ3) is 3.25. The molecule has 0 spiro atoms. The molecule has 0 unspecified atom stereocenters. The topological polar surface area (TPSA) is 63.5 Å². The Morgan fingerprint density at radius 2 is 1.91 bits per heavy atom. The van der Waals surface area contributed by atoms with E-state index in [1.165, 1.54) is 37.4 Å². The van der Waals surface area contributed by atoms with Crippen LogP contribution in [0.25, 0.3) is 0 Å². The summed E-state index contributed by atoms with van der Waals surface area (Å²) in [4.78, 5) is 23.7. The van der Waals surface area contributed by atoms with E-state index in [9.17, 15) is 23.7 Å². The van der Waals surface area contributed by atoms with Gasteiger partial charge in [0.1, 0.15) is 17.2 Å². The van der Waals surface area contributed by atoms with Crippen molar-refractivity contribution in [1.29, 1.82) is 0 Å². The second-order valence-electron chi connectivity index (χ2n) is 4.67. The van der Waals surface area contributed by atoms with E-state index in [1.807, 2.05) is 0 Å². The number of nitro groups is 1. The van der Waals surface area contributed by atoms with Crippen LogP contribution in [0.2, 0.25) is 0 Å². The van der Waals surface area contributed by atoms with Crippen LogP contribution in [-0.4, -0.2) is 22.8 Å². The summed E-state index contributed by atoms with van der Waals surface area (Å²) in [6, 6.07) is 8.55. The number of rotatable bonds is 4. The Labute approximate surface area is 124 Å². The third-order valence-electron chi connectivity index (χ3n) is 3.10. The summed E-state index contributed by atoms with van der Waals surface area (Å²) in [5, 5.41) is 10.9. The molecule has 0 saturated heterocycles. The molecule has 0 aliphatic heterocycles. The molecule has 1 amide bonds. The van der Waals surface area contributed by atoms with Crippen molar-refractivity contribution in [2.24, 2.45) is 0 Å². The van der Waals surface area contributed by atoms with Crippen molar-refractivity contribution in [3.05, 3.63) is 75.3 Å². The minimum absolute atomic E-state index is 0.0856. The molecule has 5 nitrogen and oxygen atoms in total. The van der Waals surface area contributed by atoms with E-state index in [1.54, 1.807) is 0 Å². The molecule has 0 radical (unpaired) electrons. The van der Waals surface area contributed by atoms with Gasteiger partial charge < -0.3 is 4.90 Å². The number of benzene rings is 2. The number of nitro benzene ring substituents is 1. The second-order valence-corrected chi connectivity index (χ2v) is 4.67. The smallest absolute Gasteiger partial charge is 0.282 e. The van der Waals surface area contributed by atoms with Crippen LogP contribution >= 0.6 is 0 Å². The van der Waals surface area contributed by atoms with Crippen LogP contribution in [0, 0.1) is 21.7 Å². The van der Waals surface area contributed by atoms with Gasteiger partial charge in [-0.05, 0) is 12.1 Å². The molecule has 114 valence electrons. The maximum absolute atomic E-state index is 13.6. The molecule has 0 fully saturated rings. The quantitative estimate of drug-likeness (QED) is 0.644. The number of amides is 1. The summed E-state index contributed by atoms with van der Waals surface area (Å²) >= 11 is 0. The first-order chi connectivity index (χ1) is 10.4. The van der Waals surface area contributed by atoms with Crippen LogP contribution in [0.15, 0.2) is 42.5 Å². The van der Waals surface area contributed by atoms with Crippen molar-refractivity contribution in [1.82, 2.24) is 4.90 Å². The minimum atomic E-state index is -0.776. The molecule has 0 atom stereocenters. The number of hydrogen-bond donors (Lipinski definition) is 0. The van der Waals surface area contributed by atoms with Crippen molar-refractivity contribution in [3.63, 3.8) is 0 Å². The molecular formula is C15H12F2N2O3.